The fraction of sp³-hybridized carbons (Fsp3) is 0.425. The van der Waals surface area contributed by atoms with Gasteiger partial charge in [0.05, 0.1) is 24.0 Å². The number of anilines is 4. The van der Waals surface area contributed by atoms with Crippen LogP contribution in [-0.2, 0) is 31.8 Å². The second-order valence-corrected chi connectivity index (χ2v) is 15.4. The lowest BCUT2D eigenvalue weighted by Crippen LogP contribution is -2.54. The lowest BCUT2D eigenvalue weighted by molar-refractivity contribution is -0.138. The molecule has 2 unspecified atom stereocenters. The Balaban J connectivity index is 1.02. The zero-order valence-corrected chi connectivity index (χ0v) is 33.6. The Morgan fingerprint density at radius 1 is 1.10 bits per heavy atom. The maximum absolute atomic E-state index is 14.4. The predicted molar refractivity (Wildman–Crippen MR) is 214 cm³/mol. The van der Waals surface area contributed by atoms with Gasteiger partial charge < -0.3 is 20.3 Å². The number of pyridine rings is 1. The molecule has 4 amide bonds. The van der Waals surface area contributed by atoms with Crippen molar-refractivity contribution >= 4 is 63.7 Å². The van der Waals surface area contributed by atoms with Crippen LogP contribution in [0.2, 0.25) is 0 Å². The van der Waals surface area contributed by atoms with E-state index in [4.69, 9.17) is 22.2 Å². The molecule has 4 heterocycles. The van der Waals surface area contributed by atoms with Crippen LogP contribution in [0.4, 0.5) is 40.3 Å². The highest BCUT2D eigenvalue weighted by atomic mass is 32.1. The van der Waals surface area contributed by atoms with Gasteiger partial charge >= 0.3 is 6.18 Å². The molecular weight excluding hydrogens is 795 g/mol. The summed E-state index contributed by atoms with van der Waals surface area (Å²) in [4.78, 5) is 60.8. The smallest absolute Gasteiger partial charge is 0.419 e. The molecule has 0 spiro atoms. The number of piperazine rings is 1. The Bertz CT molecular complexity index is 2210. The highest BCUT2D eigenvalue weighted by Gasteiger charge is 2.51. The number of hydrogen-bond acceptors (Lipinski definition) is 11. The van der Waals surface area contributed by atoms with Crippen molar-refractivity contribution in [1.29, 1.82) is 5.26 Å². The van der Waals surface area contributed by atoms with E-state index in [2.05, 4.69) is 25.8 Å². The molecule has 3 saturated heterocycles. The Kier molecular flexibility index (Phi) is 12.5. The van der Waals surface area contributed by atoms with Gasteiger partial charge in [0, 0.05) is 55.7 Å². The van der Waals surface area contributed by atoms with Crippen LogP contribution in [0, 0.1) is 17.1 Å². The topological polar surface area (TPSA) is 163 Å². The second-order valence-electron chi connectivity index (χ2n) is 15.1. The molecule has 3 N–H and O–H groups in total. The molecule has 19 heteroatoms. The highest BCUT2D eigenvalue weighted by Crippen LogP contribution is 2.40. The summed E-state index contributed by atoms with van der Waals surface area (Å²) in [5, 5.41) is 17.1. The standard InChI is InChI=1S/C40H43F4N9O5S/c1-5-24-14-28(53-38(59)52(37(57)39(53,3)4)29-18-30(40(42,43)44)32(19-45)46-20-29)6-8-33(24)58-13-12-50-10-11-51(23(2)21-50)22-35(55)48-27-16-25(41)15-26(17-27)47-31-7-9-34(54)49-36(31)56/h6,8,14-18,20,23,31,47H,5,7,9-13,21-22H2,1-4H3,(H,48,55)(H,49,54,56). The van der Waals surface area contributed by atoms with Gasteiger partial charge in [0.1, 0.15) is 35.8 Å². The largest absolute Gasteiger partial charge is 0.492 e. The van der Waals surface area contributed by atoms with Crippen LogP contribution in [-0.4, -0.2) is 100 Å². The lowest BCUT2D eigenvalue weighted by atomic mass is 10.0. The maximum atomic E-state index is 14.4. The third kappa shape index (κ3) is 9.45. The fourth-order valence-electron chi connectivity index (χ4n) is 7.42. The first kappa shape index (κ1) is 42.9. The van der Waals surface area contributed by atoms with Gasteiger partial charge in [0.15, 0.2) is 10.8 Å². The molecule has 3 aliphatic heterocycles. The van der Waals surface area contributed by atoms with E-state index in [0.29, 0.717) is 62.4 Å². The van der Waals surface area contributed by atoms with Crippen molar-refractivity contribution in [3.8, 4) is 11.8 Å². The Morgan fingerprint density at radius 3 is 2.53 bits per heavy atom. The number of thiocarbonyl (C=S) groups is 1. The molecule has 0 aliphatic carbocycles. The second kappa shape index (κ2) is 17.3. The number of rotatable bonds is 12. The van der Waals surface area contributed by atoms with Gasteiger partial charge in [-0.1, -0.05) is 6.92 Å². The molecule has 59 heavy (non-hydrogen) atoms. The summed E-state index contributed by atoms with van der Waals surface area (Å²) in [6.45, 7) is 10.2. The van der Waals surface area contributed by atoms with E-state index >= 15 is 0 Å². The SMILES string of the molecule is CCc1cc(N2C(=S)N(c3cnc(C#N)c(C(F)(F)F)c3)C(=O)C2(C)C)ccc1OCCN1CCN(CC(=O)Nc2cc(F)cc(NC3CCC(=O)NC3=O)c2)C(C)C1. The van der Waals surface area contributed by atoms with Crippen molar-refractivity contribution < 1.29 is 41.5 Å². The Morgan fingerprint density at radius 2 is 1.85 bits per heavy atom. The molecule has 0 radical (unpaired) electrons. The van der Waals surface area contributed by atoms with Gasteiger partial charge in [-0.3, -0.25) is 39.2 Å². The molecule has 0 saturated carbocycles. The summed E-state index contributed by atoms with van der Waals surface area (Å²) in [7, 11) is 0. The first-order valence-corrected chi connectivity index (χ1v) is 19.4. The van der Waals surface area contributed by atoms with Crippen LogP contribution in [0.25, 0.3) is 0 Å². The Hall–Kier alpha value is -5.71. The van der Waals surface area contributed by atoms with E-state index in [1.165, 1.54) is 24.3 Å². The summed E-state index contributed by atoms with van der Waals surface area (Å²) < 4.78 is 61.9. The number of ether oxygens (including phenoxy) is 1. The van der Waals surface area contributed by atoms with Crippen LogP contribution in [0.15, 0.2) is 48.7 Å². The number of benzene rings is 2. The molecule has 2 aromatic carbocycles. The van der Waals surface area contributed by atoms with Gasteiger partial charge in [-0.15, -0.1) is 0 Å². The number of amides is 4. The summed E-state index contributed by atoms with van der Waals surface area (Å²) in [5.74, 6) is -1.70. The van der Waals surface area contributed by atoms with Crippen LogP contribution >= 0.6 is 12.2 Å². The van der Waals surface area contributed by atoms with Crippen molar-refractivity contribution in [2.75, 3.05) is 59.8 Å². The monoisotopic (exact) mass is 837 g/mol. The molecule has 3 fully saturated rings. The normalized spacial score (nSPS) is 20.1. The van der Waals surface area contributed by atoms with Crippen molar-refractivity contribution in [2.24, 2.45) is 0 Å². The van der Waals surface area contributed by atoms with E-state index in [1.807, 2.05) is 24.8 Å². The highest BCUT2D eigenvalue weighted by molar-refractivity contribution is 7.81. The number of aromatic nitrogens is 1. The minimum atomic E-state index is -4.87. The van der Waals surface area contributed by atoms with Crippen molar-refractivity contribution in [1.82, 2.24) is 20.1 Å². The molecule has 312 valence electrons. The third-order valence-corrected chi connectivity index (χ3v) is 10.9. The van der Waals surface area contributed by atoms with Gasteiger partial charge in [-0.05, 0) is 93.9 Å². The van der Waals surface area contributed by atoms with Crippen LogP contribution in [0.5, 0.6) is 5.75 Å². The number of alkyl halides is 3. The summed E-state index contributed by atoms with van der Waals surface area (Å²) in [6.07, 6.45) is -2.83. The number of nitrogens with zero attached hydrogens (tertiary/aromatic N) is 6. The molecule has 3 aromatic rings. The van der Waals surface area contributed by atoms with E-state index in [-0.39, 0.29) is 53.7 Å². The number of nitriles is 1. The molecule has 14 nitrogen and oxygen atoms in total. The van der Waals surface area contributed by atoms with Gasteiger partial charge in [-0.2, -0.15) is 18.4 Å². The number of imide groups is 1. The van der Waals surface area contributed by atoms with Crippen LogP contribution < -0.4 is 30.5 Å². The summed E-state index contributed by atoms with van der Waals surface area (Å²) in [6, 6.07) is 10.8. The van der Waals surface area contributed by atoms with Crippen molar-refractivity contribution in [3.63, 3.8) is 0 Å². The van der Waals surface area contributed by atoms with E-state index < -0.39 is 46.6 Å². The maximum Gasteiger partial charge on any atom is 0.419 e. The lowest BCUT2D eigenvalue weighted by Gasteiger charge is -2.39. The molecule has 1 aromatic heterocycles. The van der Waals surface area contributed by atoms with Gasteiger partial charge in [0.2, 0.25) is 17.7 Å². The van der Waals surface area contributed by atoms with E-state index in [1.54, 1.807) is 30.9 Å². The van der Waals surface area contributed by atoms with Gasteiger partial charge in [-0.25, -0.2) is 9.37 Å². The quantitative estimate of drug-likeness (QED) is 0.130. The van der Waals surface area contributed by atoms with Crippen LogP contribution in [0.1, 0.15) is 57.4 Å². The molecular formula is C40H43F4N9O5S. The van der Waals surface area contributed by atoms with Gasteiger partial charge in [0.25, 0.3) is 5.91 Å². The van der Waals surface area contributed by atoms with Crippen LogP contribution in [0.3, 0.4) is 0 Å². The average Bonchev–Trinajstić information content (AvgIpc) is 3.34. The number of aryl methyl sites for hydroxylation is 1. The number of carbonyl (C=O) groups excluding carboxylic acids is 4. The van der Waals surface area contributed by atoms with E-state index in [9.17, 15) is 36.7 Å². The number of carbonyl (C=O) groups is 4. The zero-order valence-electron chi connectivity index (χ0n) is 32.8. The van der Waals surface area contributed by atoms with Crippen molar-refractivity contribution in [3.05, 3.63) is 71.3 Å². The summed E-state index contributed by atoms with van der Waals surface area (Å²) in [5.41, 5.74) is -1.62. The van der Waals surface area contributed by atoms with E-state index in [0.717, 1.165) is 16.7 Å². The number of halogens is 4. The third-order valence-electron chi connectivity index (χ3n) is 10.5. The average molecular weight is 838 g/mol. The number of hydrogen-bond donors (Lipinski definition) is 3. The predicted octanol–water partition coefficient (Wildman–Crippen LogP) is 4.83. The summed E-state index contributed by atoms with van der Waals surface area (Å²) >= 11 is 5.67. The molecule has 2 atom stereocenters. The minimum absolute atomic E-state index is 0.0206. The Labute approximate surface area is 343 Å². The molecule has 6 rings (SSSR count). The van der Waals surface area contributed by atoms with Crippen molar-refractivity contribution in [2.45, 2.75) is 70.8 Å². The fourth-order valence-corrected chi connectivity index (χ4v) is 7.94. The molecule has 3 aliphatic rings. The minimum Gasteiger partial charge on any atom is -0.492 e. The first-order valence-electron chi connectivity index (χ1n) is 19.0. The molecule has 0 bridgehead atoms. The first-order chi connectivity index (χ1) is 27.9. The zero-order chi connectivity index (χ0) is 42.8. The number of piperidine rings is 1. The number of nitrogens with one attached hydrogen (secondary N) is 3.